The summed E-state index contributed by atoms with van der Waals surface area (Å²) in [5.41, 5.74) is 1.06. The molecule has 0 saturated carbocycles. The summed E-state index contributed by atoms with van der Waals surface area (Å²) in [5.74, 6) is 1.49. The van der Waals surface area contributed by atoms with E-state index in [-0.39, 0.29) is 0 Å². The molecule has 1 aromatic heterocycles. The molecule has 1 heterocycles. The van der Waals surface area contributed by atoms with Crippen molar-refractivity contribution in [1.82, 2.24) is 5.16 Å². The molecule has 0 aliphatic heterocycles. The number of hydrogen-bond donors (Lipinski definition) is 0. The predicted molar refractivity (Wildman–Crippen MR) is 44.6 cm³/mol. The maximum atomic E-state index is 5.12. The van der Waals surface area contributed by atoms with Gasteiger partial charge in [-0.25, -0.2) is 0 Å². The zero-order valence-corrected chi connectivity index (χ0v) is 7.42. The third kappa shape index (κ3) is 2.07. The summed E-state index contributed by atoms with van der Waals surface area (Å²) >= 11 is 0. The van der Waals surface area contributed by atoms with E-state index in [4.69, 9.17) is 4.52 Å². The Morgan fingerprint density at radius 1 is 1.55 bits per heavy atom. The van der Waals surface area contributed by atoms with Gasteiger partial charge in [-0.15, -0.1) is 0 Å². The van der Waals surface area contributed by atoms with Crippen molar-refractivity contribution in [2.45, 2.75) is 39.5 Å². The Kier molecular flexibility index (Phi) is 2.69. The molecule has 0 N–H and O–H groups in total. The Labute approximate surface area is 67.6 Å². The maximum absolute atomic E-state index is 5.12. The van der Waals surface area contributed by atoms with Crippen molar-refractivity contribution < 1.29 is 4.52 Å². The van der Waals surface area contributed by atoms with E-state index in [1.54, 1.807) is 0 Å². The molecular weight excluding hydrogens is 138 g/mol. The second-order valence-corrected chi connectivity index (χ2v) is 3.12. The van der Waals surface area contributed by atoms with Crippen molar-refractivity contribution in [3.05, 3.63) is 17.5 Å². The van der Waals surface area contributed by atoms with Crippen LogP contribution in [0.4, 0.5) is 0 Å². The van der Waals surface area contributed by atoms with E-state index in [0.717, 1.165) is 24.3 Å². The van der Waals surface area contributed by atoms with Crippen LogP contribution in [0, 0.1) is 0 Å². The first-order valence-corrected chi connectivity index (χ1v) is 4.19. The van der Waals surface area contributed by atoms with Gasteiger partial charge in [0.05, 0.1) is 5.69 Å². The van der Waals surface area contributed by atoms with E-state index in [0.29, 0.717) is 5.92 Å². The lowest BCUT2D eigenvalue weighted by molar-refractivity contribution is 0.374. The minimum Gasteiger partial charge on any atom is -0.361 e. The molecule has 1 rings (SSSR count). The number of hydrogen-bond acceptors (Lipinski definition) is 2. The Hall–Kier alpha value is -0.790. The molecule has 0 unspecified atom stereocenters. The van der Waals surface area contributed by atoms with Crippen LogP contribution in [0.5, 0.6) is 0 Å². The highest BCUT2D eigenvalue weighted by Gasteiger charge is 2.05. The lowest BCUT2D eigenvalue weighted by Gasteiger charge is -1.93. The molecule has 0 aromatic carbocycles. The summed E-state index contributed by atoms with van der Waals surface area (Å²) in [6.45, 7) is 6.37. The fraction of sp³-hybridized carbons (Fsp3) is 0.667. The van der Waals surface area contributed by atoms with Crippen LogP contribution in [0.25, 0.3) is 0 Å². The zero-order valence-electron chi connectivity index (χ0n) is 7.42. The summed E-state index contributed by atoms with van der Waals surface area (Å²) in [7, 11) is 0. The monoisotopic (exact) mass is 153 g/mol. The second kappa shape index (κ2) is 3.56. The molecular formula is C9H15NO. The number of aromatic nitrogens is 1. The van der Waals surface area contributed by atoms with E-state index in [1.165, 1.54) is 0 Å². The molecule has 11 heavy (non-hydrogen) atoms. The molecule has 62 valence electrons. The molecule has 0 bridgehead atoms. The lowest BCUT2D eigenvalue weighted by Crippen LogP contribution is -1.84. The van der Waals surface area contributed by atoms with Crippen LogP contribution in [0.2, 0.25) is 0 Å². The van der Waals surface area contributed by atoms with Crippen LogP contribution in [-0.4, -0.2) is 5.16 Å². The Bertz CT molecular complexity index is 215. The van der Waals surface area contributed by atoms with Gasteiger partial charge in [0.1, 0.15) is 5.76 Å². The highest BCUT2D eigenvalue weighted by molar-refractivity contribution is 5.08. The van der Waals surface area contributed by atoms with E-state index in [9.17, 15) is 0 Å². The van der Waals surface area contributed by atoms with Crippen molar-refractivity contribution in [2.24, 2.45) is 0 Å². The molecule has 0 spiro atoms. The first kappa shape index (κ1) is 8.31. The summed E-state index contributed by atoms with van der Waals surface area (Å²) in [6, 6.07) is 2.05. The predicted octanol–water partition coefficient (Wildman–Crippen LogP) is 2.75. The molecule has 0 amide bonds. The molecule has 0 aliphatic carbocycles. The first-order chi connectivity index (χ1) is 5.24. The SMILES string of the molecule is CCCc1cc(C(C)C)no1. The van der Waals surface area contributed by atoms with Gasteiger partial charge in [-0.1, -0.05) is 25.9 Å². The van der Waals surface area contributed by atoms with Gasteiger partial charge in [0.2, 0.25) is 0 Å². The van der Waals surface area contributed by atoms with Crippen LogP contribution >= 0.6 is 0 Å². The molecule has 2 heteroatoms. The van der Waals surface area contributed by atoms with Crippen LogP contribution in [0.1, 0.15) is 44.6 Å². The quantitative estimate of drug-likeness (QED) is 0.667. The first-order valence-electron chi connectivity index (χ1n) is 4.19. The van der Waals surface area contributed by atoms with Gasteiger partial charge in [-0.2, -0.15) is 0 Å². The average Bonchev–Trinajstić information content (AvgIpc) is 2.37. The second-order valence-electron chi connectivity index (χ2n) is 3.12. The van der Waals surface area contributed by atoms with E-state index < -0.39 is 0 Å². The summed E-state index contributed by atoms with van der Waals surface area (Å²) in [5, 5.41) is 3.96. The fourth-order valence-electron chi connectivity index (χ4n) is 0.965. The van der Waals surface area contributed by atoms with Crippen molar-refractivity contribution >= 4 is 0 Å². The standard InChI is InChI=1S/C9H15NO/c1-4-5-8-6-9(7(2)3)10-11-8/h6-7H,4-5H2,1-3H3. The lowest BCUT2D eigenvalue weighted by atomic mass is 10.1. The van der Waals surface area contributed by atoms with E-state index in [2.05, 4.69) is 25.9 Å². The topological polar surface area (TPSA) is 26.0 Å². The minimum absolute atomic E-state index is 0.476. The Morgan fingerprint density at radius 2 is 2.27 bits per heavy atom. The highest BCUT2D eigenvalue weighted by Crippen LogP contribution is 2.14. The van der Waals surface area contributed by atoms with E-state index in [1.807, 2.05) is 6.07 Å². The van der Waals surface area contributed by atoms with Gasteiger partial charge >= 0.3 is 0 Å². The smallest absolute Gasteiger partial charge is 0.137 e. The van der Waals surface area contributed by atoms with Gasteiger partial charge in [-0.05, 0) is 12.3 Å². The molecule has 0 aliphatic rings. The summed E-state index contributed by atoms with van der Waals surface area (Å²) in [6.07, 6.45) is 2.12. The largest absolute Gasteiger partial charge is 0.361 e. The van der Waals surface area contributed by atoms with Gasteiger partial charge in [0.25, 0.3) is 0 Å². The number of nitrogens with zero attached hydrogens (tertiary/aromatic N) is 1. The van der Waals surface area contributed by atoms with Crippen molar-refractivity contribution in [3.8, 4) is 0 Å². The molecule has 0 atom stereocenters. The third-order valence-electron chi connectivity index (χ3n) is 1.67. The minimum atomic E-state index is 0.476. The van der Waals surface area contributed by atoms with Crippen LogP contribution in [-0.2, 0) is 6.42 Å². The van der Waals surface area contributed by atoms with Gasteiger partial charge in [-0.3, -0.25) is 0 Å². The average molecular weight is 153 g/mol. The molecule has 0 fully saturated rings. The fourth-order valence-corrected chi connectivity index (χ4v) is 0.965. The number of aryl methyl sites for hydroxylation is 1. The van der Waals surface area contributed by atoms with Crippen molar-refractivity contribution in [1.29, 1.82) is 0 Å². The highest BCUT2D eigenvalue weighted by atomic mass is 16.5. The van der Waals surface area contributed by atoms with Gasteiger partial charge in [0.15, 0.2) is 0 Å². The number of rotatable bonds is 3. The van der Waals surface area contributed by atoms with E-state index >= 15 is 0 Å². The van der Waals surface area contributed by atoms with Gasteiger partial charge < -0.3 is 4.52 Å². The third-order valence-corrected chi connectivity index (χ3v) is 1.67. The Morgan fingerprint density at radius 3 is 2.73 bits per heavy atom. The van der Waals surface area contributed by atoms with Crippen LogP contribution < -0.4 is 0 Å². The van der Waals surface area contributed by atoms with Crippen molar-refractivity contribution in [2.75, 3.05) is 0 Å². The summed E-state index contributed by atoms with van der Waals surface area (Å²) < 4.78 is 5.12. The Balaban J connectivity index is 2.66. The zero-order chi connectivity index (χ0) is 8.27. The molecule has 1 aromatic rings. The molecule has 0 saturated heterocycles. The maximum Gasteiger partial charge on any atom is 0.137 e. The molecule has 2 nitrogen and oxygen atoms in total. The van der Waals surface area contributed by atoms with Crippen LogP contribution in [0.15, 0.2) is 10.6 Å². The normalized spacial score (nSPS) is 10.9. The van der Waals surface area contributed by atoms with Crippen LogP contribution in [0.3, 0.4) is 0 Å². The van der Waals surface area contributed by atoms with Crippen molar-refractivity contribution in [3.63, 3.8) is 0 Å². The molecule has 0 radical (unpaired) electrons. The summed E-state index contributed by atoms with van der Waals surface area (Å²) in [4.78, 5) is 0. The van der Waals surface area contributed by atoms with Gasteiger partial charge in [0, 0.05) is 12.5 Å².